The highest BCUT2D eigenvalue weighted by atomic mass is 16.2. The molecule has 1 aromatic carbocycles. The van der Waals surface area contributed by atoms with Crippen molar-refractivity contribution in [2.75, 3.05) is 43.4 Å². The van der Waals surface area contributed by atoms with Gasteiger partial charge >= 0.3 is 6.03 Å². The Hall–Kier alpha value is -2.08. The number of carbonyl (C=O) groups excluding carboxylic acids is 2. The van der Waals surface area contributed by atoms with E-state index in [0.717, 1.165) is 37.4 Å². The molecule has 2 saturated heterocycles. The number of anilines is 2. The molecule has 0 aliphatic carbocycles. The van der Waals surface area contributed by atoms with Crippen molar-refractivity contribution < 1.29 is 9.59 Å². The molecule has 1 atom stereocenters. The van der Waals surface area contributed by atoms with Crippen LogP contribution in [0.4, 0.5) is 16.2 Å². The molecular weight excluding hydrogens is 316 g/mol. The van der Waals surface area contributed by atoms with Crippen LogP contribution in [-0.4, -0.2) is 54.5 Å². The highest BCUT2D eigenvalue weighted by Crippen LogP contribution is 2.21. The number of carbonyl (C=O) groups is 2. The normalized spacial score (nSPS) is 21.2. The van der Waals surface area contributed by atoms with E-state index in [0.29, 0.717) is 5.92 Å². The van der Waals surface area contributed by atoms with Gasteiger partial charge in [-0.25, -0.2) is 4.79 Å². The summed E-state index contributed by atoms with van der Waals surface area (Å²) in [6.45, 7) is 6.69. The molecule has 136 valence electrons. The molecule has 3 rings (SSSR count). The van der Waals surface area contributed by atoms with Crippen molar-refractivity contribution in [2.45, 2.75) is 32.6 Å². The predicted octanol–water partition coefficient (Wildman–Crippen LogP) is 2.98. The standard InChI is InChI=1S/C19H28N4O2/c1-15(24)20-17-5-7-18(8-6-17)21-19(25)23-12-9-16(14-23)13-22-10-3-2-4-11-22/h5-8,16H,2-4,9-14H2,1H3,(H,20,24)(H,21,25). The Bertz CT molecular complexity index is 596. The average molecular weight is 344 g/mol. The van der Waals surface area contributed by atoms with Crippen molar-refractivity contribution in [2.24, 2.45) is 5.92 Å². The van der Waals surface area contributed by atoms with Gasteiger partial charge in [-0.2, -0.15) is 0 Å². The summed E-state index contributed by atoms with van der Waals surface area (Å²) in [5.41, 5.74) is 1.48. The summed E-state index contributed by atoms with van der Waals surface area (Å²) in [7, 11) is 0. The second kappa shape index (κ2) is 8.34. The summed E-state index contributed by atoms with van der Waals surface area (Å²) in [5.74, 6) is 0.486. The number of nitrogens with zero attached hydrogens (tertiary/aromatic N) is 2. The Balaban J connectivity index is 1.46. The Morgan fingerprint density at radius 1 is 1.00 bits per heavy atom. The fourth-order valence-corrected chi connectivity index (χ4v) is 3.72. The molecule has 0 radical (unpaired) electrons. The van der Waals surface area contributed by atoms with Crippen LogP contribution >= 0.6 is 0 Å². The van der Waals surface area contributed by atoms with Crippen LogP contribution in [0.5, 0.6) is 0 Å². The smallest absolute Gasteiger partial charge is 0.321 e. The van der Waals surface area contributed by atoms with Crippen molar-refractivity contribution in [3.05, 3.63) is 24.3 Å². The highest BCUT2D eigenvalue weighted by molar-refractivity contribution is 5.91. The molecule has 6 nitrogen and oxygen atoms in total. The molecule has 2 aliphatic rings. The van der Waals surface area contributed by atoms with Gasteiger partial charge in [0.25, 0.3) is 0 Å². The molecule has 2 heterocycles. The zero-order chi connectivity index (χ0) is 17.6. The molecule has 3 amide bonds. The van der Waals surface area contributed by atoms with Gasteiger partial charge in [0.05, 0.1) is 0 Å². The number of piperidine rings is 1. The van der Waals surface area contributed by atoms with Gasteiger partial charge in [-0.05, 0) is 62.5 Å². The van der Waals surface area contributed by atoms with Crippen LogP contribution in [-0.2, 0) is 4.79 Å². The Morgan fingerprint density at radius 3 is 2.28 bits per heavy atom. The molecule has 0 spiro atoms. The first-order valence-corrected chi connectivity index (χ1v) is 9.26. The molecule has 2 N–H and O–H groups in total. The van der Waals surface area contributed by atoms with Crippen molar-refractivity contribution in [1.82, 2.24) is 9.80 Å². The first-order chi connectivity index (χ1) is 12.1. The lowest BCUT2D eigenvalue weighted by Gasteiger charge is -2.29. The number of hydrogen-bond acceptors (Lipinski definition) is 3. The van der Waals surface area contributed by atoms with Crippen molar-refractivity contribution >= 4 is 23.3 Å². The summed E-state index contributed by atoms with van der Waals surface area (Å²) in [6, 6.07) is 7.17. The number of hydrogen-bond donors (Lipinski definition) is 2. The van der Waals surface area contributed by atoms with Gasteiger partial charge in [0, 0.05) is 37.9 Å². The number of benzene rings is 1. The summed E-state index contributed by atoms with van der Waals surface area (Å²) >= 11 is 0. The highest BCUT2D eigenvalue weighted by Gasteiger charge is 2.28. The lowest BCUT2D eigenvalue weighted by molar-refractivity contribution is -0.114. The zero-order valence-corrected chi connectivity index (χ0v) is 15.0. The van der Waals surface area contributed by atoms with Crippen LogP contribution in [0.15, 0.2) is 24.3 Å². The Kier molecular flexibility index (Phi) is 5.91. The second-order valence-electron chi connectivity index (χ2n) is 7.15. The first-order valence-electron chi connectivity index (χ1n) is 9.26. The molecule has 0 saturated carbocycles. The van der Waals surface area contributed by atoms with Gasteiger partial charge in [0.1, 0.15) is 0 Å². The fraction of sp³-hybridized carbons (Fsp3) is 0.579. The SMILES string of the molecule is CC(=O)Nc1ccc(NC(=O)N2CCC(CN3CCCCC3)C2)cc1. The molecule has 1 unspecified atom stereocenters. The number of urea groups is 1. The molecule has 25 heavy (non-hydrogen) atoms. The van der Waals surface area contributed by atoms with Crippen molar-refractivity contribution in [1.29, 1.82) is 0 Å². The van der Waals surface area contributed by atoms with Crippen LogP contribution in [0.3, 0.4) is 0 Å². The average Bonchev–Trinajstić information content (AvgIpc) is 3.06. The minimum Gasteiger partial charge on any atom is -0.326 e. The van der Waals surface area contributed by atoms with E-state index in [1.54, 1.807) is 12.1 Å². The minimum absolute atomic E-state index is 0.0339. The largest absolute Gasteiger partial charge is 0.326 e. The topological polar surface area (TPSA) is 64.7 Å². The summed E-state index contributed by atoms with van der Waals surface area (Å²) in [4.78, 5) is 27.9. The minimum atomic E-state index is -0.103. The maximum Gasteiger partial charge on any atom is 0.321 e. The number of amides is 3. The van der Waals surface area contributed by atoms with Crippen molar-refractivity contribution in [3.63, 3.8) is 0 Å². The van der Waals surface area contributed by atoms with Gasteiger partial charge in [0.2, 0.25) is 5.91 Å². The molecule has 0 aromatic heterocycles. The number of likely N-dealkylation sites (tertiary alicyclic amines) is 2. The van der Waals surface area contributed by atoms with E-state index in [4.69, 9.17) is 0 Å². The van der Waals surface area contributed by atoms with E-state index in [2.05, 4.69) is 15.5 Å². The van der Waals surface area contributed by atoms with Crippen LogP contribution in [0.25, 0.3) is 0 Å². The summed E-state index contributed by atoms with van der Waals surface area (Å²) in [5, 5.41) is 5.67. The molecule has 2 aliphatic heterocycles. The summed E-state index contributed by atoms with van der Waals surface area (Å²) in [6.07, 6.45) is 5.07. The van der Waals surface area contributed by atoms with Gasteiger partial charge < -0.3 is 20.4 Å². The van der Waals surface area contributed by atoms with E-state index < -0.39 is 0 Å². The monoisotopic (exact) mass is 344 g/mol. The third-order valence-electron chi connectivity index (χ3n) is 4.99. The van der Waals surface area contributed by atoms with Crippen LogP contribution in [0.2, 0.25) is 0 Å². The molecule has 2 fully saturated rings. The van der Waals surface area contributed by atoms with E-state index in [1.807, 2.05) is 17.0 Å². The first kappa shape index (κ1) is 17.7. The van der Waals surface area contributed by atoms with Crippen LogP contribution < -0.4 is 10.6 Å². The second-order valence-corrected chi connectivity index (χ2v) is 7.15. The number of rotatable bonds is 4. The van der Waals surface area contributed by atoms with E-state index in [9.17, 15) is 9.59 Å². The predicted molar refractivity (Wildman–Crippen MR) is 99.7 cm³/mol. The molecule has 0 bridgehead atoms. The van der Waals surface area contributed by atoms with E-state index in [1.165, 1.54) is 39.3 Å². The van der Waals surface area contributed by atoms with Gasteiger partial charge in [-0.3, -0.25) is 4.79 Å². The van der Waals surface area contributed by atoms with Crippen LogP contribution in [0, 0.1) is 5.92 Å². The Morgan fingerprint density at radius 2 is 1.64 bits per heavy atom. The fourth-order valence-electron chi connectivity index (χ4n) is 3.72. The lowest BCUT2D eigenvalue weighted by atomic mass is 10.1. The summed E-state index contributed by atoms with van der Waals surface area (Å²) < 4.78 is 0. The van der Waals surface area contributed by atoms with E-state index in [-0.39, 0.29) is 11.9 Å². The van der Waals surface area contributed by atoms with Gasteiger partial charge in [-0.15, -0.1) is 0 Å². The van der Waals surface area contributed by atoms with Gasteiger partial charge in [0.15, 0.2) is 0 Å². The Labute approximate surface area is 149 Å². The quantitative estimate of drug-likeness (QED) is 0.882. The number of nitrogens with one attached hydrogen (secondary N) is 2. The third kappa shape index (κ3) is 5.19. The van der Waals surface area contributed by atoms with Crippen molar-refractivity contribution in [3.8, 4) is 0 Å². The zero-order valence-electron chi connectivity index (χ0n) is 15.0. The van der Waals surface area contributed by atoms with Crippen LogP contribution in [0.1, 0.15) is 32.6 Å². The maximum atomic E-state index is 12.4. The molecular formula is C19H28N4O2. The van der Waals surface area contributed by atoms with Gasteiger partial charge in [-0.1, -0.05) is 6.42 Å². The maximum absolute atomic E-state index is 12.4. The lowest BCUT2D eigenvalue weighted by Crippen LogP contribution is -2.37. The third-order valence-corrected chi connectivity index (χ3v) is 4.99. The molecule has 1 aromatic rings. The van der Waals surface area contributed by atoms with E-state index >= 15 is 0 Å². The molecule has 6 heteroatoms.